The van der Waals surface area contributed by atoms with Crippen LogP contribution in [0.15, 0.2) is 48.5 Å². The zero-order valence-corrected chi connectivity index (χ0v) is 13.8. The molecule has 0 aliphatic carbocycles. The SMILES string of the molecule is O=C(O)C(c1ccc(F)cc1)N1CCN(c2ccc(Cl)cc2)CC1. The minimum atomic E-state index is -0.915. The van der Waals surface area contributed by atoms with Crippen LogP contribution in [-0.2, 0) is 4.79 Å². The van der Waals surface area contributed by atoms with Crippen molar-refractivity contribution in [3.8, 4) is 0 Å². The average Bonchev–Trinajstić information content (AvgIpc) is 2.58. The Balaban J connectivity index is 1.70. The van der Waals surface area contributed by atoms with Crippen molar-refractivity contribution in [1.82, 2.24) is 4.90 Å². The van der Waals surface area contributed by atoms with Crippen LogP contribution in [0.4, 0.5) is 10.1 Å². The minimum absolute atomic E-state index is 0.365. The third kappa shape index (κ3) is 3.68. The molecule has 4 nitrogen and oxygen atoms in total. The molecule has 1 atom stereocenters. The highest BCUT2D eigenvalue weighted by molar-refractivity contribution is 6.30. The normalized spacial score (nSPS) is 16.8. The summed E-state index contributed by atoms with van der Waals surface area (Å²) in [6, 6.07) is 12.6. The highest BCUT2D eigenvalue weighted by atomic mass is 35.5. The Morgan fingerprint density at radius 3 is 2.12 bits per heavy atom. The van der Waals surface area contributed by atoms with E-state index < -0.39 is 12.0 Å². The molecule has 1 aliphatic heterocycles. The van der Waals surface area contributed by atoms with Gasteiger partial charge in [0, 0.05) is 36.9 Å². The number of hydrogen-bond acceptors (Lipinski definition) is 3. The van der Waals surface area contributed by atoms with Crippen molar-refractivity contribution in [3.63, 3.8) is 0 Å². The molecule has 0 saturated carbocycles. The van der Waals surface area contributed by atoms with Gasteiger partial charge in [0.15, 0.2) is 0 Å². The molecule has 24 heavy (non-hydrogen) atoms. The highest BCUT2D eigenvalue weighted by Gasteiger charge is 2.30. The van der Waals surface area contributed by atoms with Crippen molar-refractivity contribution in [2.45, 2.75) is 6.04 Å². The maximum atomic E-state index is 13.1. The van der Waals surface area contributed by atoms with E-state index in [4.69, 9.17) is 11.6 Å². The van der Waals surface area contributed by atoms with E-state index in [2.05, 4.69) is 4.90 Å². The molecular formula is C18H18ClFN2O2. The zero-order chi connectivity index (χ0) is 17.1. The highest BCUT2D eigenvalue weighted by Crippen LogP contribution is 2.25. The number of rotatable bonds is 4. The average molecular weight is 349 g/mol. The molecule has 0 bridgehead atoms. The maximum Gasteiger partial charge on any atom is 0.325 e. The zero-order valence-electron chi connectivity index (χ0n) is 13.0. The summed E-state index contributed by atoms with van der Waals surface area (Å²) < 4.78 is 13.1. The number of nitrogens with zero attached hydrogens (tertiary/aromatic N) is 2. The number of benzene rings is 2. The number of hydrogen-bond donors (Lipinski definition) is 1. The second-order valence-corrected chi connectivity index (χ2v) is 6.23. The van der Waals surface area contributed by atoms with E-state index in [-0.39, 0.29) is 5.82 Å². The first-order valence-electron chi connectivity index (χ1n) is 7.77. The number of carboxylic acid groups (broad SMARTS) is 1. The summed E-state index contributed by atoms with van der Waals surface area (Å²) in [5.41, 5.74) is 1.68. The lowest BCUT2D eigenvalue weighted by Gasteiger charge is -2.39. The van der Waals surface area contributed by atoms with Crippen LogP contribution in [0.3, 0.4) is 0 Å². The molecule has 0 radical (unpaired) electrons. The van der Waals surface area contributed by atoms with Gasteiger partial charge >= 0.3 is 5.97 Å². The first-order valence-corrected chi connectivity index (χ1v) is 8.15. The second-order valence-electron chi connectivity index (χ2n) is 5.79. The van der Waals surface area contributed by atoms with Crippen LogP contribution in [0.5, 0.6) is 0 Å². The lowest BCUT2D eigenvalue weighted by atomic mass is 10.0. The van der Waals surface area contributed by atoms with Crippen molar-refractivity contribution < 1.29 is 14.3 Å². The van der Waals surface area contributed by atoms with E-state index in [0.717, 1.165) is 18.8 Å². The van der Waals surface area contributed by atoms with Crippen LogP contribution in [0.2, 0.25) is 5.02 Å². The van der Waals surface area contributed by atoms with E-state index in [9.17, 15) is 14.3 Å². The van der Waals surface area contributed by atoms with Gasteiger partial charge < -0.3 is 10.0 Å². The molecule has 2 aromatic rings. The van der Waals surface area contributed by atoms with Crippen LogP contribution in [0.25, 0.3) is 0 Å². The molecule has 126 valence electrons. The molecule has 3 rings (SSSR count). The van der Waals surface area contributed by atoms with E-state index >= 15 is 0 Å². The van der Waals surface area contributed by atoms with Crippen molar-refractivity contribution in [3.05, 3.63) is 64.9 Å². The van der Waals surface area contributed by atoms with Crippen LogP contribution in [0, 0.1) is 5.82 Å². The van der Waals surface area contributed by atoms with Gasteiger partial charge in [-0.1, -0.05) is 23.7 Å². The minimum Gasteiger partial charge on any atom is -0.480 e. The van der Waals surface area contributed by atoms with Crippen LogP contribution in [-0.4, -0.2) is 42.2 Å². The maximum absolute atomic E-state index is 13.1. The van der Waals surface area contributed by atoms with Gasteiger partial charge in [-0.3, -0.25) is 9.69 Å². The van der Waals surface area contributed by atoms with E-state index in [1.165, 1.54) is 12.1 Å². The van der Waals surface area contributed by atoms with Crippen LogP contribution < -0.4 is 4.90 Å². The van der Waals surface area contributed by atoms with Crippen molar-refractivity contribution in [2.75, 3.05) is 31.1 Å². The molecule has 1 N–H and O–H groups in total. The predicted molar refractivity (Wildman–Crippen MR) is 92.0 cm³/mol. The number of carbonyl (C=O) groups is 1. The number of aliphatic carboxylic acids is 1. The Hall–Kier alpha value is -2.11. The standard InChI is InChI=1S/C18H18ClFN2O2/c19-14-3-7-16(8-4-14)21-9-11-22(12-10-21)17(18(23)24)13-1-5-15(20)6-2-13/h1-8,17H,9-12H2,(H,23,24). The topological polar surface area (TPSA) is 43.8 Å². The summed E-state index contributed by atoms with van der Waals surface area (Å²) in [7, 11) is 0. The van der Waals surface area contributed by atoms with Gasteiger partial charge in [0.1, 0.15) is 11.9 Å². The van der Waals surface area contributed by atoms with Gasteiger partial charge in [-0.05, 0) is 42.0 Å². The smallest absolute Gasteiger partial charge is 0.325 e. The molecule has 1 heterocycles. The predicted octanol–water partition coefficient (Wildman–Crippen LogP) is 3.43. The van der Waals surface area contributed by atoms with E-state index in [1.807, 2.05) is 29.2 Å². The number of piperazine rings is 1. The number of carboxylic acids is 1. The molecule has 1 fully saturated rings. The largest absolute Gasteiger partial charge is 0.480 e. The number of halogens is 2. The summed E-state index contributed by atoms with van der Waals surface area (Å²) >= 11 is 5.91. The summed E-state index contributed by atoms with van der Waals surface area (Å²) in [6.07, 6.45) is 0. The van der Waals surface area contributed by atoms with Crippen molar-refractivity contribution in [1.29, 1.82) is 0 Å². The Morgan fingerprint density at radius 2 is 1.58 bits per heavy atom. The molecule has 0 amide bonds. The Morgan fingerprint density at radius 1 is 1.00 bits per heavy atom. The third-order valence-electron chi connectivity index (χ3n) is 4.29. The summed E-state index contributed by atoms with van der Waals surface area (Å²) in [5, 5.41) is 10.3. The van der Waals surface area contributed by atoms with Gasteiger partial charge in [-0.15, -0.1) is 0 Å². The fraction of sp³-hybridized carbons (Fsp3) is 0.278. The summed E-state index contributed by atoms with van der Waals surface area (Å²) in [6.45, 7) is 2.70. The summed E-state index contributed by atoms with van der Waals surface area (Å²) in [5.74, 6) is -1.28. The first-order chi connectivity index (χ1) is 11.5. The lowest BCUT2D eigenvalue weighted by Crippen LogP contribution is -2.49. The Bertz CT molecular complexity index is 698. The molecular weight excluding hydrogens is 331 g/mol. The first kappa shape index (κ1) is 16.7. The molecule has 0 spiro atoms. The molecule has 6 heteroatoms. The van der Waals surface area contributed by atoms with Gasteiger partial charge in [-0.25, -0.2) is 4.39 Å². The fourth-order valence-electron chi connectivity index (χ4n) is 3.04. The van der Waals surface area contributed by atoms with Gasteiger partial charge in [0.25, 0.3) is 0 Å². The Labute approximate surface area is 145 Å². The fourth-order valence-corrected chi connectivity index (χ4v) is 3.17. The third-order valence-corrected chi connectivity index (χ3v) is 4.54. The number of anilines is 1. The molecule has 1 saturated heterocycles. The molecule has 2 aromatic carbocycles. The molecule has 0 aromatic heterocycles. The molecule has 1 aliphatic rings. The monoisotopic (exact) mass is 348 g/mol. The van der Waals surface area contributed by atoms with E-state index in [0.29, 0.717) is 23.7 Å². The summed E-state index contributed by atoms with van der Waals surface area (Å²) in [4.78, 5) is 15.8. The van der Waals surface area contributed by atoms with Crippen LogP contribution >= 0.6 is 11.6 Å². The second kappa shape index (κ2) is 7.20. The van der Waals surface area contributed by atoms with Crippen LogP contribution in [0.1, 0.15) is 11.6 Å². The lowest BCUT2D eigenvalue weighted by molar-refractivity contribution is -0.143. The van der Waals surface area contributed by atoms with Gasteiger partial charge in [-0.2, -0.15) is 0 Å². The van der Waals surface area contributed by atoms with Crippen molar-refractivity contribution in [2.24, 2.45) is 0 Å². The quantitative estimate of drug-likeness (QED) is 0.919. The van der Waals surface area contributed by atoms with Gasteiger partial charge in [0.05, 0.1) is 0 Å². The van der Waals surface area contributed by atoms with E-state index in [1.54, 1.807) is 12.1 Å². The van der Waals surface area contributed by atoms with Crippen molar-refractivity contribution >= 4 is 23.3 Å². The van der Waals surface area contributed by atoms with Gasteiger partial charge in [0.2, 0.25) is 0 Å². The molecule has 1 unspecified atom stereocenters. The Kier molecular flexibility index (Phi) is 5.02.